The molecule has 0 aromatic heterocycles. The van der Waals surface area contributed by atoms with Gasteiger partial charge in [0.2, 0.25) is 10.0 Å². The van der Waals surface area contributed by atoms with Gasteiger partial charge >= 0.3 is 0 Å². The largest absolute Gasteiger partial charge is 0.316 e. The minimum Gasteiger partial charge on any atom is -0.316 e. The van der Waals surface area contributed by atoms with Gasteiger partial charge in [0.1, 0.15) is 0 Å². The molecule has 1 aromatic rings. The Morgan fingerprint density at radius 2 is 1.81 bits per heavy atom. The zero-order valence-electron chi connectivity index (χ0n) is 9.66. The molecule has 0 fully saturated rings. The molecule has 0 unspecified atom stereocenters. The van der Waals surface area contributed by atoms with E-state index in [1.165, 1.54) is 0 Å². The summed E-state index contributed by atoms with van der Waals surface area (Å²) < 4.78 is 25.5. The van der Waals surface area contributed by atoms with Crippen LogP contribution in [0.15, 0.2) is 24.3 Å². The number of nitrogens with one attached hydrogen (secondary N) is 2. The van der Waals surface area contributed by atoms with E-state index in [1.54, 1.807) is 12.1 Å². The standard InChI is InChI=1S/C11H18N2O2S/c1-3-8-16(14,15)13-11-6-4-10(5-7-11)9-12-2/h4-7,12-13H,3,8-9H2,1-2H3. The molecule has 0 amide bonds. The second-order valence-electron chi connectivity index (χ2n) is 3.65. The van der Waals surface area contributed by atoms with Crippen LogP contribution in [0.4, 0.5) is 5.69 Å². The summed E-state index contributed by atoms with van der Waals surface area (Å²) in [5.41, 5.74) is 1.74. The Morgan fingerprint density at radius 1 is 1.19 bits per heavy atom. The molecule has 5 heteroatoms. The molecule has 0 bridgehead atoms. The van der Waals surface area contributed by atoms with Crippen LogP contribution in [0.25, 0.3) is 0 Å². The van der Waals surface area contributed by atoms with Crippen molar-refractivity contribution >= 4 is 15.7 Å². The van der Waals surface area contributed by atoms with Gasteiger partial charge in [0.05, 0.1) is 5.75 Å². The predicted octanol–water partition coefficient (Wildman–Crippen LogP) is 1.56. The molecule has 16 heavy (non-hydrogen) atoms. The normalized spacial score (nSPS) is 11.4. The second-order valence-corrected chi connectivity index (χ2v) is 5.49. The highest BCUT2D eigenvalue weighted by Gasteiger charge is 2.07. The predicted molar refractivity (Wildman–Crippen MR) is 66.9 cm³/mol. The number of rotatable bonds is 6. The van der Waals surface area contributed by atoms with E-state index in [9.17, 15) is 8.42 Å². The third kappa shape index (κ3) is 4.20. The van der Waals surface area contributed by atoms with Crippen molar-refractivity contribution < 1.29 is 8.42 Å². The van der Waals surface area contributed by atoms with Crippen molar-refractivity contribution in [3.05, 3.63) is 29.8 Å². The fourth-order valence-electron chi connectivity index (χ4n) is 1.39. The second kappa shape index (κ2) is 5.86. The average molecular weight is 242 g/mol. The molecule has 2 N–H and O–H groups in total. The molecule has 0 saturated heterocycles. The Kier molecular flexibility index (Phi) is 4.76. The minimum atomic E-state index is -3.18. The summed E-state index contributed by atoms with van der Waals surface area (Å²) in [6, 6.07) is 7.36. The topological polar surface area (TPSA) is 58.2 Å². The van der Waals surface area contributed by atoms with Gasteiger partial charge in [-0.25, -0.2) is 8.42 Å². The lowest BCUT2D eigenvalue weighted by Crippen LogP contribution is -2.16. The van der Waals surface area contributed by atoms with Crippen molar-refractivity contribution in [2.45, 2.75) is 19.9 Å². The van der Waals surface area contributed by atoms with Crippen LogP contribution in [0, 0.1) is 0 Å². The van der Waals surface area contributed by atoms with Crippen LogP contribution in [-0.2, 0) is 16.6 Å². The Labute approximate surface area is 97.1 Å². The maximum absolute atomic E-state index is 11.5. The monoisotopic (exact) mass is 242 g/mol. The van der Waals surface area contributed by atoms with Crippen molar-refractivity contribution in [3.8, 4) is 0 Å². The summed E-state index contributed by atoms with van der Waals surface area (Å²) in [5, 5.41) is 3.03. The maximum atomic E-state index is 11.5. The average Bonchev–Trinajstić information content (AvgIpc) is 2.21. The molecule has 0 radical (unpaired) electrons. The first-order valence-electron chi connectivity index (χ1n) is 5.31. The van der Waals surface area contributed by atoms with Crippen molar-refractivity contribution in [3.63, 3.8) is 0 Å². The van der Waals surface area contributed by atoms with E-state index in [0.29, 0.717) is 12.1 Å². The third-order valence-corrected chi connectivity index (χ3v) is 3.57. The maximum Gasteiger partial charge on any atom is 0.232 e. The Balaban J connectivity index is 2.68. The molecule has 0 aliphatic rings. The van der Waals surface area contributed by atoms with Gasteiger partial charge in [-0.2, -0.15) is 0 Å². The molecular formula is C11H18N2O2S. The number of benzene rings is 1. The smallest absolute Gasteiger partial charge is 0.232 e. The van der Waals surface area contributed by atoms with Gasteiger partial charge in [-0.05, 0) is 31.2 Å². The van der Waals surface area contributed by atoms with Crippen LogP contribution in [-0.4, -0.2) is 21.2 Å². The first-order valence-corrected chi connectivity index (χ1v) is 6.96. The van der Waals surface area contributed by atoms with Crippen LogP contribution in [0.3, 0.4) is 0 Å². The molecule has 1 aromatic carbocycles. The molecule has 0 atom stereocenters. The van der Waals surface area contributed by atoms with E-state index < -0.39 is 10.0 Å². The molecule has 0 aliphatic heterocycles. The van der Waals surface area contributed by atoms with Crippen molar-refractivity contribution in [1.29, 1.82) is 0 Å². The van der Waals surface area contributed by atoms with Gasteiger partial charge in [-0.15, -0.1) is 0 Å². The molecule has 90 valence electrons. The highest BCUT2D eigenvalue weighted by molar-refractivity contribution is 7.92. The highest BCUT2D eigenvalue weighted by atomic mass is 32.2. The van der Waals surface area contributed by atoms with E-state index in [2.05, 4.69) is 10.0 Å². The van der Waals surface area contributed by atoms with Gasteiger partial charge in [0.25, 0.3) is 0 Å². The SMILES string of the molecule is CCCS(=O)(=O)Nc1ccc(CNC)cc1. The fraction of sp³-hybridized carbons (Fsp3) is 0.455. The summed E-state index contributed by atoms with van der Waals surface area (Å²) in [7, 11) is -1.30. The van der Waals surface area contributed by atoms with Gasteiger partial charge < -0.3 is 5.32 Å². The van der Waals surface area contributed by atoms with Crippen molar-refractivity contribution in [2.75, 3.05) is 17.5 Å². The highest BCUT2D eigenvalue weighted by Crippen LogP contribution is 2.11. The lowest BCUT2D eigenvalue weighted by molar-refractivity contribution is 0.600. The van der Waals surface area contributed by atoms with E-state index in [0.717, 1.165) is 12.1 Å². The van der Waals surface area contributed by atoms with Gasteiger partial charge in [0, 0.05) is 12.2 Å². The van der Waals surface area contributed by atoms with E-state index >= 15 is 0 Å². The first kappa shape index (κ1) is 13.0. The summed E-state index contributed by atoms with van der Waals surface area (Å²) in [6.45, 7) is 2.62. The Morgan fingerprint density at radius 3 is 2.31 bits per heavy atom. The first-order chi connectivity index (χ1) is 7.57. The Bertz CT molecular complexity index is 412. The van der Waals surface area contributed by atoms with E-state index in [4.69, 9.17) is 0 Å². The number of hydrogen-bond donors (Lipinski definition) is 2. The van der Waals surface area contributed by atoms with E-state index in [1.807, 2.05) is 26.1 Å². The van der Waals surface area contributed by atoms with Crippen LogP contribution >= 0.6 is 0 Å². The summed E-state index contributed by atoms with van der Waals surface area (Å²) >= 11 is 0. The van der Waals surface area contributed by atoms with Gasteiger partial charge in [0.15, 0.2) is 0 Å². The minimum absolute atomic E-state index is 0.158. The molecule has 0 spiro atoms. The van der Waals surface area contributed by atoms with Gasteiger partial charge in [-0.3, -0.25) is 4.72 Å². The summed E-state index contributed by atoms with van der Waals surface area (Å²) in [4.78, 5) is 0. The third-order valence-electron chi connectivity index (χ3n) is 2.08. The van der Waals surface area contributed by atoms with Crippen LogP contribution in [0.5, 0.6) is 0 Å². The lowest BCUT2D eigenvalue weighted by atomic mass is 10.2. The summed E-state index contributed by atoms with van der Waals surface area (Å²) in [6.07, 6.45) is 0.618. The molecule has 1 rings (SSSR count). The zero-order valence-corrected chi connectivity index (χ0v) is 10.5. The molecule has 4 nitrogen and oxygen atoms in total. The Hall–Kier alpha value is -1.07. The van der Waals surface area contributed by atoms with Gasteiger partial charge in [-0.1, -0.05) is 19.1 Å². The molecule has 0 heterocycles. The lowest BCUT2D eigenvalue weighted by Gasteiger charge is -2.07. The fourth-order valence-corrected chi connectivity index (χ4v) is 2.53. The van der Waals surface area contributed by atoms with Crippen LogP contribution in [0.2, 0.25) is 0 Å². The van der Waals surface area contributed by atoms with E-state index in [-0.39, 0.29) is 5.75 Å². The number of anilines is 1. The molecular weight excluding hydrogens is 224 g/mol. The quantitative estimate of drug-likeness (QED) is 0.796. The number of hydrogen-bond acceptors (Lipinski definition) is 3. The van der Waals surface area contributed by atoms with Crippen LogP contribution in [0.1, 0.15) is 18.9 Å². The molecule has 0 aliphatic carbocycles. The zero-order chi connectivity index (χ0) is 12.0. The van der Waals surface area contributed by atoms with Crippen molar-refractivity contribution in [2.24, 2.45) is 0 Å². The summed E-state index contributed by atoms with van der Waals surface area (Å²) in [5.74, 6) is 0.158. The number of sulfonamides is 1. The molecule has 0 saturated carbocycles. The van der Waals surface area contributed by atoms with Crippen molar-refractivity contribution in [1.82, 2.24) is 5.32 Å². The van der Waals surface area contributed by atoms with Crippen LogP contribution < -0.4 is 10.0 Å².